The van der Waals surface area contributed by atoms with Crippen LogP contribution in [-0.4, -0.2) is 84.7 Å². The van der Waals surface area contributed by atoms with Crippen molar-refractivity contribution in [2.75, 3.05) is 26.4 Å². The third-order valence-corrected chi connectivity index (χ3v) is 9.78. The minimum Gasteiger partial charge on any atom is -0.395 e. The maximum Gasteiger partial charge on any atom is 0.273 e. The van der Waals surface area contributed by atoms with Crippen molar-refractivity contribution in [3.8, 4) is 0 Å². The number of hydrogen-bond donors (Lipinski definition) is 3. The molecule has 1 saturated carbocycles. The van der Waals surface area contributed by atoms with Gasteiger partial charge in [-0.1, -0.05) is 17.3 Å². The van der Waals surface area contributed by atoms with Crippen molar-refractivity contribution < 1.29 is 27.6 Å². The van der Waals surface area contributed by atoms with Crippen LogP contribution >= 0.6 is 0 Å². The minimum atomic E-state index is -3.43. The molecule has 1 amide bonds. The quantitative estimate of drug-likeness (QED) is 0.459. The first-order valence-electron chi connectivity index (χ1n) is 11.9. The summed E-state index contributed by atoms with van der Waals surface area (Å²) in [6, 6.07) is 1.35. The van der Waals surface area contributed by atoms with Crippen LogP contribution in [0.15, 0.2) is 22.7 Å². The summed E-state index contributed by atoms with van der Waals surface area (Å²) < 4.78 is 39.1. The fourth-order valence-electron chi connectivity index (χ4n) is 5.47. The SMILES string of the molecule is O=C(NC1C[C@H]2C=C[C@@H](C1)N2S(=O)(=O)C1CCC(NCCO)CC1)c1cc(C2COC2)on1. The fourth-order valence-corrected chi connectivity index (χ4v) is 7.74. The third-order valence-electron chi connectivity index (χ3n) is 7.33. The molecule has 1 unspecified atom stereocenters. The molecule has 182 valence electrons. The highest BCUT2D eigenvalue weighted by atomic mass is 32.2. The number of nitrogens with one attached hydrogen (secondary N) is 2. The third kappa shape index (κ3) is 4.61. The number of fused-ring (bicyclic) bond motifs is 2. The van der Waals surface area contributed by atoms with Gasteiger partial charge in [0.2, 0.25) is 10.0 Å². The molecule has 5 rings (SSSR count). The van der Waals surface area contributed by atoms with Gasteiger partial charge in [-0.15, -0.1) is 0 Å². The van der Waals surface area contributed by atoms with Crippen LogP contribution in [0.2, 0.25) is 0 Å². The van der Waals surface area contributed by atoms with Crippen molar-refractivity contribution in [2.24, 2.45) is 0 Å². The van der Waals surface area contributed by atoms with E-state index in [1.54, 1.807) is 10.4 Å². The zero-order valence-corrected chi connectivity index (χ0v) is 19.4. The van der Waals surface area contributed by atoms with Crippen LogP contribution in [-0.2, 0) is 14.8 Å². The Morgan fingerprint density at radius 3 is 2.42 bits per heavy atom. The van der Waals surface area contributed by atoms with Crippen molar-refractivity contribution in [3.63, 3.8) is 0 Å². The number of carbonyl (C=O) groups excluding carboxylic acids is 1. The van der Waals surface area contributed by atoms with Gasteiger partial charge in [-0.05, 0) is 38.5 Å². The largest absolute Gasteiger partial charge is 0.395 e. The average Bonchev–Trinajstić information content (AvgIpc) is 3.35. The number of carbonyl (C=O) groups is 1. The van der Waals surface area contributed by atoms with Crippen LogP contribution in [0.3, 0.4) is 0 Å². The lowest BCUT2D eigenvalue weighted by molar-refractivity contribution is -0.00228. The molecule has 4 heterocycles. The van der Waals surface area contributed by atoms with E-state index in [4.69, 9.17) is 14.4 Å². The summed E-state index contributed by atoms with van der Waals surface area (Å²) in [5.41, 5.74) is 0.249. The number of aromatic nitrogens is 1. The second-order valence-electron chi connectivity index (χ2n) is 9.54. The van der Waals surface area contributed by atoms with Crippen LogP contribution in [0.1, 0.15) is 60.7 Å². The number of nitrogens with zero attached hydrogens (tertiary/aromatic N) is 2. The summed E-state index contributed by atoms with van der Waals surface area (Å²) in [5, 5.41) is 18.8. The Kier molecular flexibility index (Phi) is 6.58. The Bertz CT molecular complexity index is 967. The lowest BCUT2D eigenvalue weighted by atomic mass is 9.95. The van der Waals surface area contributed by atoms with E-state index in [0.29, 0.717) is 51.2 Å². The molecule has 10 nitrogen and oxygen atoms in total. The van der Waals surface area contributed by atoms with E-state index in [1.807, 2.05) is 12.2 Å². The summed E-state index contributed by atoms with van der Waals surface area (Å²) in [6.07, 6.45) is 7.88. The molecule has 0 radical (unpaired) electrons. The Hall–Kier alpha value is -1.79. The van der Waals surface area contributed by atoms with Gasteiger partial charge < -0.3 is 25.0 Å². The molecule has 0 aromatic carbocycles. The first-order valence-corrected chi connectivity index (χ1v) is 13.4. The van der Waals surface area contributed by atoms with Gasteiger partial charge in [0.25, 0.3) is 5.91 Å². The molecular formula is C22H32N4O6S. The van der Waals surface area contributed by atoms with Gasteiger partial charge in [0.1, 0.15) is 5.76 Å². The fraction of sp³-hybridized carbons (Fsp3) is 0.727. The van der Waals surface area contributed by atoms with E-state index >= 15 is 0 Å². The van der Waals surface area contributed by atoms with E-state index in [0.717, 1.165) is 12.8 Å². The highest BCUT2D eigenvalue weighted by molar-refractivity contribution is 7.89. The number of piperidine rings is 1. The minimum absolute atomic E-state index is 0.0893. The van der Waals surface area contributed by atoms with Gasteiger partial charge in [0.15, 0.2) is 5.69 Å². The second kappa shape index (κ2) is 9.46. The Morgan fingerprint density at radius 2 is 1.82 bits per heavy atom. The van der Waals surface area contributed by atoms with Gasteiger partial charge in [0.05, 0.1) is 31.0 Å². The maximum atomic E-state index is 13.5. The standard InChI is InChI=1S/C22H32N4O6S/c27-8-7-23-15-1-5-19(6-2-15)33(29,30)26-17-3-4-18(26)10-16(9-17)24-22(28)20-11-21(32-25-20)14-12-31-13-14/h3-4,11,14-19,23,27H,1-2,5-10,12-13H2,(H,24,28)/t15?,16?,17-,18+,19?. The molecule has 33 heavy (non-hydrogen) atoms. The number of aliphatic hydroxyl groups is 1. The predicted molar refractivity (Wildman–Crippen MR) is 119 cm³/mol. The Labute approximate surface area is 193 Å². The molecule has 3 aliphatic heterocycles. The molecular weight excluding hydrogens is 448 g/mol. The molecule has 0 spiro atoms. The Morgan fingerprint density at radius 1 is 1.12 bits per heavy atom. The number of sulfonamides is 1. The zero-order chi connectivity index (χ0) is 23.0. The number of rotatable bonds is 8. The molecule has 3 fully saturated rings. The van der Waals surface area contributed by atoms with Crippen LogP contribution in [0.5, 0.6) is 0 Å². The summed E-state index contributed by atoms with van der Waals surface area (Å²) in [6.45, 7) is 1.80. The average molecular weight is 481 g/mol. The molecule has 1 aromatic rings. The van der Waals surface area contributed by atoms with Crippen molar-refractivity contribution in [2.45, 2.75) is 73.9 Å². The number of ether oxygens (including phenoxy) is 1. The normalized spacial score (nSPS) is 32.6. The van der Waals surface area contributed by atoms with Crippen LogP contribution in [0.4, 0.5) is 0 Å². The van der Waals surface area contributed by atoms with Crippen molar-refractivity contribution in [3.05, 3.63) is 29.7 Å². The zero-order valence-electron chi connectivity index (χ0n) is 18.6. The van der Waals surface area contributed by atoms with Gasteiger partial charge in [0, 0.05) is 36.8 Å². The van der Waals surface area contributed by atoms with Crippen LogP contribution in [0.25, 0.3) is 0 Å². The number of aliphatic hydroxyl groups excluding tert-OH is 1. The summed E-state index contributed by atoms with van der Waals surface area (Å²) in [5.74, 6) is 0.531. The molecule has 4 aliphatic rings. The maximum absolute atomic E-state index is 13.5. The highest BCUT2D eigenvalue weighted by Gasteiger charge is 2.47. The molecule has 3 N–H and O–H groups in total. The number of amides is 1. The first-order chi connectivity index (χ1) is 16.0. The van der Waals surface area contributed by atoms with E-state index in [1.165, 1.54) is 0 Å². The smallest absolute Gasteiger partial charge is 0.273 e. The van der Waals surface area contributed by atoms with E-state index in [2.05, 4.69) is 15.8 Å². The molecule has 2 bridgehead atoms. The monoisotopic (exact) mass is 480 g/mol. The molecule has 3 atom stereocenters. The molecule has 11 heteroatoms. The first kappa shape index (κ1) is 23.0. The van der Waals surface area contributed by atoms with Crippen LogP contribution < -0.4 is 10.6 Å². The number of hydrogen-bond acceptors (Lipinski definition) is 8. The van der Waals surface area contributed by atoms with E-state index in [-0.39, 0.29) is 53.5 Å². The predicted octanol–water partition coefficient (Wildman–Crippen LogP) is 0.513. The van der Waals surface area contributed by atoms with Crippen molar-refractivity contribution in [1.82, 2.24) is 20.1 Å². The molecule has 1 aromatic heterocycles. The highest BCUT2D eigenvalue weighted by Crippen LogP contribution is 2.37. The second-order valence-corrected chi connectivity index (χ2v) is 11.7. The topological polar surface area (TPSA) is 134 Å². The van der Waals surface area contributed by atoms with E-state index in [9.17, 15) is 13.2 Å². The summed E-state index contributed by atoms with van der Waals surface area (Å²) in [4.78, 5) is 12.7. The molecule has 1 aliphatic carbocycles. The van der Waals surface area contributed by atoms with Gasteiger partial charge in [-0.25, -0.2) is 8.42 Å². The Balaban J connectivity index is 1.17. The lowest BCUT2D eigenvalue weighted by Gasteiger charge is -2.41. The lowest BCUT2D eigenvalue weighted by Crippen LogP contribution is -2.55. The van der Waals surface area contributed by atoms with Crippen LogP contribution in [0, 0.1) is 0 Å². The summed E-state index contributed by atoms with van der Waals surface area (Å²) >= 11 is 0. The van der Waals surface area contributed by atoms with Gasteiger partial charge in [-0.2, -0.15) is 4.31 Å². The van der Waals surface area contributed by atoms with Crippen molar-refractivity contribution in [1.29, 1.82) is 0 Å². The van der Waals surface area contributed by atoms with Crippen molar-refractivity contribution >= 4 is 15.9 Å². The summed E-state index contributed by atoms with van der Waals surface area (Å²) in [7, 11) is -3.43. The van der Waals surface area contributed by atoms with Gasteiger partial charge >= 0.3 is 0 Å². The van der Waals surface area contributed by atoms with E-state index < -0.39 is 10.0 Å². The molecule has 2 saturated heterocycles. The van der Waals surface area contributed by atoms with Gasteiger partial charge in [-0.3, -0.25) is 4.79 Å².